The van der Waals surface area contributed by atoms with Crippen LogP contribution in [0.15, 0.2) is 48.5 Å². The average molecular weight is 432 g/mol. The highest BCUT2D eigenvalue weighted by molar-refractivity contribution is 7.17. The van der Waals surface area contributed by atoms with Crippen LogP contribution in [0.25, 0.3) is 10.6 Å². The Bertz CT molecular complexity index is 1010. The molecule has 144 valence electrons. The van der Waals surface area contributed by atoms with E-state index in [0.717, 1.165) is 40.1 Å². The number of thiazole rings is 1. The predicted molar refractivity (Wildman–Crippen MR) is 117 cm³/mol. The van der Waals surface area contributed by atoms with Crippen LogP contribution in [0.4, 0.5) is 5.69 Å². The van der Waals surface area contributed by atoms with E-state index in [1.54, 1.807) is 0 Å². The first-order chi connectivity index (χ1) is 13.5. The van der Waals surface area contributed by atoms with Crippen molar-refractivity contribution in [1.82, 2.24) is 9.88 Å². The zero-order chi connectivity index (χ0) is 19.7. The molecule has 0 unspecified atom stereocenters. The fourth-order valence-electron chi connectivity index (χ4n) is 3.33. The second-order valence-electron chi connectivity index (χ2n) is 6.67. The van der Waals surface area contributed by atoms with E-state index < -0.39 is 0 Å². The number of nitrogens with zero attached hydrogens (tertiary/aromatic N) is 3. The fraction of sp³-hybridized carbons (Fsp3) is 0.238. The maximum Gasteiger partial charge on any atom is 0.265 e. The van der Waals surface area contributed by atoms with E-state index in [0.29, 0.717) is 23.0 Å². The Morgan fingerprint density at radius 2 is 1.79 bits per heavy atom. The first-order valence-electron chi connectivity index (χ1n) is 9.05. The summed E-state index contributed by atoms with van der Waals surface area (Å²) in [5, 5.41) is 2.15. The summed E-state index contributed by atoms with van der Waals surface area (Å²) >= 11 is 13.8. The Kier molecular flexibility index (Phi) is 5.58. The van der Waals surface area contributed by atoms with Gasteiger partial charge in [0.2, 0.25) is 0 Å². The number of piperazine rings is 1. The van der Waals surface area contributed by atoms with Gasteiger partial charge in [0.25, 0.3) is 5.91 Å². The van der Waals surface area contributed by atoms with Crippen LogP contribution in [0.3, 0.4) is 0 Å². The van der Waals surface area contributed by atoms with Crippen molar-refractivity contribution in [2.75, 3.05) is 31.1 Å². The Labute approximate surface area is 178 Å². The van der Waals surface area contributed by atoms with Gasteiger partial charge in [0.05, 0.1) is 10.7 Å². The Morgan fingerprint density at radius 3 is 2.50 bits per heavy atom. The number of rotatable bonds is 3. The smallest absolute Gasteiger partial charge is 0.265 e. The summed E-state index contributed by atoms with van der Waals surface area (Å²) in [5.41, 5.74) is 2.71. The van der Waals surface area contributed by atoms with E-state index in [4.69, 9.17) is 23.2 Å². The molecule has 1 aromatic heterocycles. The van der Waals surface area contributed by atoms with Crippen molar-refractivity contribution in [2.24, 2.45) is 0 Å². The van der Waals surface area contributed by atoms with E-state index in [1.165, 1.54) is 11.3 Å². The Hall–Kier alpha value is -2.08. The highest BCUT2D eigenvalue weighted by Gasteiger charge is 2.26. The summed E-state index contributed by atoms with van der Waals surface area (Å²) < 4.78 is 0. The number of halogens is 2. The molecule has 3 aromatic rings. The number of aromatic nitrogens is 1. The standard InChI is InChI=1S/C21H19Cl2N3OS/c1-14-19(28-20(24-14)17-7-2-3-8-18(17)23)21(27)26-11-9-25(10-12-26)16-6-4-5-15(22)13-16/h2-8,13H,9-12H2,1H3. The van der Waals surface area contributed by atoms with Gasteiger partial charge in [-0.25, -0.2) is 4.98 Å². The molecule has 0 aliphatic carbocycles. The summed E-state index contributed by atoms with van der Waals surface area (Å²) in [5.74, 6) is 0.0408. The van der Waals surface area contributed by atoms with Crippen molar-refractivity contribution < 1.29 is 4.79 Å². The lowest BCUT2D eigenvalue weighted by Gasteiger charge is -2.36. The van der Waals surface area contributed by atoms with Gasteiger partial charge in [0, 0.05) is 42.5 Å². The lowest BCUT2D eigenvalue weighted by atomic mass is 10.2. The third kappa shape index (κ3) is 3.88. The van der Waals surface area contributed by atoms with Gasteiger partial charge < -0.3 is 9.80 Å². The minimum atomic E-state index is 0.0408. The van der Waals surface area contributed by atoms with Gasteiger partial charge in [-0.15, -0.1) is 11.3 Å². The largest absolute Gasteiger partial charge is 0.368 e. The highest BCUT2D eigenvalue weighted by atomic mass is 35.5. The van der Waals surface area contributed by atoms with Crippen molar-refractivity contribution >= 4 is 46.1 Å². The van der Waals surface area contributed by atoms with Gasteiger partial charge in [0.15, 0.2) is 0 Å². The van der Waals surface area contributed by atoms with E-state index in [-0.39, 0.29) is 5.91 Å². The predicted octanol–water partition coefficient (Wildman–Crippen LogP) is 5.39. The summed E-state index contributed by atoms with van der Waals surface area (Å²) in [7, 11) is 0. The average Bonchev–Trinajstić information content (AvgIpc) is 3.09. The molecule has 0 N–H and O–H groups in total. The Morgan fingerprint density at radius 1 is 1.04 bits per heavy atom. The van der Waals surface area contributed by atoms with Crippen LogP contribution in [0, 0.1) is 6.92 Å². The monoisotopic (exact) mass is 431 g/mol. The molecule has 4 nitrogen and oxygen atoms in total. The number of carbonyl (C=O) groups excluding carboxylic acids is 1. The van der Waals surface area contributed by atoms with Gasteiger partial charge in [-0.1, -0.05) is 47.5 Å². The van der Waals surface area contributed by atoms with Crippen LogP contribution in [0.2, 0.25) is 10.0 Å². The first kappa shape index (κ1) is 19.2. The second kappa shape index (κ2) is 8.11. The van der Waals surface area contributed by atoms with Crippen molar-refractivity contribution in [1.29, 1.82) is 0 Å². The minimum Gasteiger partial charge on any atom is -0.368 e. The first-order valence-corrected chi connectivity index (χ1v) is 10.6. The topological polar surface area (TPSA) is 36.4 Å². The summed E-state index contributed by atoms with van der Waals surface area (Å²) in [4.78, 5) is 22.5. The van der Waals surface area contributed by atoms with Gasteiger partial charge in [-0.2, -0.15) is 0 Å². The molecule has 1 fully saturated rings. The quantitative estimate of drug-likeness (QED) is 0.557. The number of benzene rings is 2. The molecule has 1 aliphatic heterocycles. The zero-order valence-corrected chi connectivity index (χ0v) is 17.7. The molecule has 4 rings (SSSR count). The molecule has 0 spiro atoms. The molecule has 1 saturated heterocycles. The van der Waals surface area contributed by atoms with Crippen LogP contribution < -0.4 is 4.90 Å². The molecular weight excluding hydrogens is 413 g/mol. The van der Waals surface area contributed by atoms with Crippen LogP contribution >= 0.6 is 34.5 Å². The van der Waals surface area contributed by atoms with Crippen LogP contribution in [-0.2, 0) is 0 Å². The highest BCUT2D eigenvalue weighted by Crippen LogP contribution is 2.33. The van der Waals surface area contributed by atoms with Crippen molar-refractivity contribution in [3.8, 4) is 10.6 Å². The molecule has 7 heteroatoms. The number of carbonyl (C=O) groups is 1. The minimum absolute atomic E-state index is 0.0408. The maximum atomic E-state index is 13.1. The molecule has 0 saturated carbocycles. The molecule has 1 amide bonds. The lowest BCUT2D eigenvalue weighted by Crippen LogP contribution is -2.48. The van der Waals surface area contributed by atoms with E-state index in [9.17, 15) is 4.79 Å². The molecule has 1 aliphatic rings. The van der Waals surface area contributed by atoms with Gasteiger partial charge in [-0.3, -0.25) is 4.79 Å². The second-order valence-corrected chi connectivity index (χ2v) is 8.52. The van der Waals surface area contributed by atoms with Crippen molar-refractivity contribution in [3.05, 3.63) is 69.1 Å². The van der Waals surface area contributed by atoms with Crippen LogP contribution in [-0.4, -0.2) is 42.0 Å². The lowest BCUT2D eigenvalue weighted by molar-refractivity contribution is 0.0750. The summed E-state index contributed by atoms with van der Waals surface area (Å²) in [6.45, 7) is 4.78. The number of anilines is 1. The van der Waals surface area contributed by atoms with E-state index in [2.05, 4.69) is 9.88 Å². The normalized spacial score (nSPS) is 14.4. The summed E-state index contributed by atoms with van der Waals surface area (Å²) in [6, 6.07) is 15.4. The van der Waals surface area contributed by atoms with Crippen LogP contribution in [0.1, 0.15) is 15.4 Å². The molecule has 0 radical (unpaired) electrons. The number of amides is 1. The van der Waals surface area contributed by atoms with Crippen LogP contribution in [0.5, 0.6) is 0 Å². The number of hydrogen-bond acceptors (Lipinski definition) is 4. The third-order valence-electron chi connectivity index (χ3n) is 4.84. The van der Waals surface area contributed by atoms with Gasteiger partial charge in [-0.05, 0) is 31.2 Å². The van der Waals surface area contributed by atoms with Gasteiger partial charge in [0.1, 0.15) is 9.88 Å². The third-order valence-corrected chi connectivity index (χ3v) is 6.58. The molecule has 2 heterocycles. The van der Waals surface area contributed by atoms with E-state index >= 15 is 0 Å². The molecule has 28 heavy (non-hydrogen) atoms. The molecular formula is C21H19Cl2N3OS. The number of hydrogen-bond donors (Lipinski definition) is 0. The SMILES string of the molecule is Cc1nc(-c2ccccc2Cl)sc1C(=O)N1CCN(c2cccc(Cl)c2)CC1. The Balaban J connectivity index is 1.48. The fourth-order valence-corrected chi connectivity index (χ4v) is 4.87. The van der Waals surface area contributed by atoms with Gasteiger partial charge >= 0.3 is 0 Å². The van der Waals surface area contributed by atoms with Crippen molar-refractivity contribution in [2.45, 2.75) is 6.92 Å². The molecule has 0 atom stereocenters. The zero-order valence-electron chi connectivity index (χ0n) is 15.4. The van der Waals surface area contributed by atoms with Crippen molar-refractivity contribution in [3.63, 3.8) is 0 Å². The summed E-state index contributed by atoms with van der Waals surface area (Å²) in [6.07, 6.45) is 0. The molecule has 0 bridgehead atoms. The van der Waals surface area contributed by atoms with E-state index in [1.807, 2.05) is 60.4 Å². The maximum absolute atomic E-state index is 13.1. The molecule has 2 aromatic carbocycles. The number of aryl methyl sites for hydroxylation is 1.